The number of amides is 1. The average molecular weight is 297 g/mol. The highest BCUT2D eigenvalue weighted by Gasteiger charge is 2.03. The summed E-state index contributed by atoms with van der Waals surface area (Å²) in [6, 6.07) is 13.9. The molecule has 1 amide bonds. The average Bonchev–Trinajstić information content (AvgIpc) is 2.54. The molecule has 1 unspecified atom stereocenters. The Morgan fingerprint density at radius 1 is 1.14 bits per heavy atom. The first-order chi connectivity index (χ1) is 10.6. The summed E-state index contributed by atoms with van der Waals surface area (Å²) >= 11 is 0. The van der Waals surface area contributed by atoms with Gasteiger partial charge in [-0.2, -0.15) is 0 Å². The maximum Gasteiger partial charge on any atom is 0.248 e. The van der Waals surface area contributed by atoms with Crippen LogP contribution >= 0.6 is 0 Å². The third kappa shape index (κ3) is 4.55. The first kappa shape index (κ1) is 16.0. The molecule has 0 aliphatic carbocycles. The van der Waals surface area contributed by atoms with Crippen LogP contribution in [-0.2, 0) is 4.79 Å². The van der Waals surface area contributed by atoms with Crippen LogP contribution in [0.5, 0.6) is 0 Å². The number of carbonyl (C=O) groups excluding carboxylic acids is 1. The molecular weight excluding hydrogens is 277 g/mol. The summed E-state index contributed by atoms with van der Waals surface area (Å²) in [5.74, 6) is 0.0201. The van der Waals surface area contributed by atoms with Crippen LogP contribution in [0.2, 0.25) is 0 Å². The van der Waals surface area contributed by atoms with Crippen molar-refractivity contribution in [3.05, 3.63) is 71.6 Å². The summed E-state index contributed by atoms with van der Waals surface area (Å²) in [6.07, 6.45) is 4.18. The maximum atomic E-state index is 12.8. The summed E-state index contributed by atoms with van der Waals surface area (Å²) in [5, 5.41) is 2.81. The van der Waals surface area contributed by atoms with Gasteiger partial charge in [-0.15, -0.1) is 0 Å². The molecule has 0 radical (unpaired) electrons. The van der Waals surface area contributed by atoms with Gasteiger partial charge in [0.05, 0.1) is 0 Å². The van der Waals surface area contributed by atoms with Crippen LogP contribution in [-0.4, -0.2) is 5.91 Å². The molecule has 1 N–H and O–H groups in total. The number of nitrogens with one attached hydrogen (secondary N) is 1. The van der Waals surface area contributed by atoms with Gasteiger partial charge in [0, 0.05) is 11.8 Å². The highest BCUT2D eigenvalue weighted by Crippen LogP contribution is 2.20. The molecule has 2 aromatic rings. The quantitative estimate of drug-likeness (QED) is 0.774. The smallest absolute Gasteiger partial charge is 0.248 e. The Kier molecular flexibility index (Phi) is 5.48. The van der Waals surface area contributed by atoms with Crippen molar-refractivity contribution in [3.63, 3.8) is 0 Å². The van der Waals surface area contributed by atoms with Gasteiger partial charge in [0.15, 0.2) is 0 Å². The molecule has 0 aliphatic heterocycles. The fraction of sp³-hybridized carbons (Fsp3) is 0.211. The molecule has 0 spiro atoms. The van der Waals surface area contributed by atoms with Crippen LogP contribution < -0.4 is 5.32 Å². The monoisotopic (exact) mass is 297 g/mol. The minimum atomic E-state index is -0.289. The van der Waals surface area contributed by atoms with Crippen LogP contribution in [0, 0.1) is 5.82 Å². The molecule has 0 saturated heterocycles. The van der Waals surface area contributed by atoms with E-state index in [4.69, 9.17) is 0 Å². The predicted octanol–water partition coefficient (Wildman–Crippen LogP) is 4.99. The summed E-state index contributed by atoms with van der Waals surface area (Å²) in [4.78, 5) is 11.9. The Bertz CT molecular complexity index is 644. The molecule has 0 aromatic heterocycles. The van der Waals surface area contributed by atoms with E-state index in [1.54, 1.807) is 18.2 Å². The molecule has 2 rings (SSSR count). The molecule has 3 heteroatoms. The molecule has 0 aliphatic rings. The number of benzene rings is 2. The molecule has 0 fully saturated rings. The highest BCUT2D eigenvalue weighted by molar-refractivity contribution is 6.01. The van der Waals surface area contributed by atoms with Crippen molar-refractivity contribution in [2.24, 2.45) is 0 Å². The standard InChI is InChI=1S/C19H20FNO/c1-3-14(2)16-7-11-18(12-8-16)21-19(22)13-6-15-4-9-17(20)10-5-15/h4-14H,3H2,1-2H3,(H,21,22)/b13-6+. The van der Waals surface area contributed by atoms with E-state index in [1.165, 1.54) is 23.8 Å². The Morgan fingerprint density at radius 2 is 1.77 bits per heavy atom. The van der Waals surface area contributed by atoms with E-state index in [0.717, 1.165) is 17.7 Å². The number of carbonyl (C=O) groups is 1. The lowest BCUT2D eigenvalue weighted by Gasteiger charge is -2.09. The normalized spacial score (nSPS) is 12.3. The lowest BCUT2D eigenvalue weighted by atomic mass is 9.99. The van der Waals surface area contributed by atoms with Crippen molar-refractivity contribution in [3.8, 4) is 0 Å². The summed E-state index contributed by atoms with van der Waals surface area (Å²) < 4.78 is 12.8. The molecule has 114 valence electrons. The van der Waals surface area contributed by atoms with Crippen LogP contribution in [0.1, 0.15) is 37.3 Å². The molecule has 1 atom stereocenters. The minimum absolute atomic E-state index is 0.208. The Labute approximate surface area is 130 Å². The predicted molar refractivity (Wildman–Crippen MR) is 89.2 cm³/mol. The first-order valence-electron chi connectivity index (χ1n) is 7.43. The van der Waals surface area contributed by atoms with Gasteiger partial charge in [-0.25, -0.2) is 4.39 Å². The Balaban J connectivity index is 1.95. The van der Waals surface area contributed by atoms with Gasteiger partial charge in [-0.1, -0.05) is 38.1 Å². The van der Waals surface area contributed by atoms with Crippen molar-refractivity contribution < 1.29 is 9.18 Å². The van der Waals surface area contributed by atoms with Crippen LogP contribution in [0.25, 0.3) is 6.08 Å². The number of hydrogen-bond donors (Lipinski definition) is 1. The van der Waals surface area contributed by atoms with Crippen molar-refractivity contribution in [1.82, 2.24) is 0 Å². The zero-order valence-electron chi connectivity index (χ0n) is 12.8. The van der Waals surface area contributed by atoms with Gasteiger partial charge in [0.1, 0.15) is 5.82 Å². The van der Waals surface area contributed by atoms with E-state index in [0.29, 0.717) is 5.92 Å². The second-order valence-electron chi connectivity index (χ2n) is 5.31. The molecule has 2 nitrogen and oxygen atoms in total. The number of halogens is 1. The van der Waals surface area contributed by atoms with Crippen molar-refractivity contribution >= 4 is 17.7 Å². The van der Waals surface area contributed by atoms with Crippen molar-refractivity contribution in [2.75, 3.05) is 5.32 Å². The number of anilines is 1. The summed E-state index contributed by atoms with van der Waals surface area (Å²) in [7, 11) is 0. The number of rotatable bonds is 5. The van der Waals surface area contributed by atoms with Crippen LogP contribution in [0.4, 0.5) is 10.1 Å². The van der Waals surface area contributed by atoms with E-state index in [-0.39, 0.29) is 11.7 Å². The maximum absolute atomic E-state index is 12.8. The van der Waals surface area contributed by atoms with E-state index in [9.17, 15) is 9.18 Å². The fourth-order valence-electron chi connectivity index (χ4n) is 2.06. The van der Waals surface area contributed by atoms with E-state index in [1.807, 2.05) is 24.3 Å². The van der Waals surface area contributed by atoms with Crippen LogP contribution in [0.15, 0.2) is 54.6 Å². The minimum Gasteiger partial charge on any atom is -0.323 e. The summed E-state index contributed by atoms with van der Waals surface area (Å²) in [6.45, 7) is 4.33. The van der Waals surface area contributed by atoms with Gasteiger partial charge in [-0.05, 0) is 53.8 Å². The first-order valence-corrected chi connectivity index (χ1v) is 7.43. The van der Waals surface area contributed by atoms with Crippen molar-refractivity contribution in [2.45, 2.75) is 26.2 Å². The van der Waals surface area contributed by atoms with Gasteiger partial charge < -0.3 is 5.32 Å². The van der Waals surface area contributed by atoms with E-state index < -0.39 is 0 Å². The van der Waals surface area contributed by atoms with Gasteiger partial charge in [-0.3, -0.25) is 4.79 Å². The van der Waals surface area contributed by atoms with Crippen LogP contribution in [0.3, 0.4) is 0 Å². The zero-order valence-corrected chi connectivity index (χ0v) is 12.8. The highest BCUT2D eigenvalue weighted by atomic mass is 19.1. The number of hydrogen-bond acceptors (Lipinski definition) is 1. The lowest BCUT2D eigenvalue weighted by Crippen LogP contribution is -2.07. The SMILES string of the molecule is CCC(C)c1ccc(NC(=O)/C=C/c2ccc(F)cc2)cc1. The zero-order chi connectivity index (χ0) is 15.9. The molecular formula is C19H20FNO. The second kappa shape index (κ2) is 7.55. The third-order valence-electron chi connectivity index (χ3n) is 3.66. The lowest BCUT2D eigenvalue weighted by molar-refractivity contribution is -0.111. The molecule has 0 saturated carbocycles. The topological polar surface area (TPSA) is 29.1 Å². The Morgan fingerprint density at radius 3 is 2.36 bits per heavy atom. The fourth-order valence-corrected chi connectivity index (χ4v) is 2.06. The van der Waals surface area contributed by atoms with Crippen molar-refractivity contribution in [1.29, 1.82) is 0 Å². The van der Waals surface area contributed by atoms with Gasteiger partial charge in [0.2, 0.25) is 5.91 Å². The largest absolute Gasteiger partial charge is 0.323 e. The van der Waals surface area contributed by atoms with E-state index in [2.05, 4.69) is 19.2 Å². The Hall–Kier alpha value is -2.42. The third-order valence-corrected chi connectivity index (χ3v) is 3.66. The van der Waals surface area contributed by atoms with Gasteiger partial charge in [0.25, 0.3) is 0 Å². The molecule has 2 aromatic carbocycles. The summed E-state index contributed by atoms with van der Waals surface area (Å²) in [5.41, 5.74) is 2.81. The molecule has 0 heterocycles. The van der Waals surface area contributed by atoms with E-state index >= 15 is 0 Å². The second-order valence-corrected chi connectivity index (χ2v) is 5.31. The molecule has 0 bridgehead atoms. The van der Waals surface area contributed by atoms with Gasteiger partial charge >= 0.3 is 0 Å². The molecule has 22 heavy (non-hydrogen) atoms.